The number of hydrogen-bond donors (Lipinski definition) is 2. The number of halogens is 1. The Hall–Kier alpha value is -1.07. The second-order valence-corrected chi connectivity index (χ2v) is 6.77. The van der Waals surface area contributed by atoms with Crippen molar-refractivity contribution in [3.05, 3.63) is 28.2 Å². The Morgan fingerprint density at radius 1 is 1.35 bits per heavy atom. The van der Waals surface area contributed by atoms with Gasteiger partial charge in [-0.15, -0.1) is 0 Å². The molecule has 1 aromatic rings. The molecule has 0 spiro atoms. The number of carbonyl (C=O) groups excluding carboxylic acids is 1. The normalized spacial score (nSPS) is 14.6. The summed E-state index contributed by atoms with van der Waals surface area (Å²) in [7, 11) is 0. The number of aliphatic hydroxyl groups is 1. The molecule has 112 valence electrons. The molecule has 1 amide bonds. The second-order valence-electron chi connectivity index (χ2n) is 5.86. The molecule has 0 fully saturated rings. The van der Waals surface area contributed by atoms with E-state index in [1.54, 1.807) is 26.0 Å². The molecule has 0 saturated carbocycles. The summed E-state index contributed by atoms with van der Waals surface area (Å²) in [5, 5.41) is 12.6. The molecule has 0 aliphatic rings. The first-order valence-corrected chi connectivity index (χ1v) is 7.35. The quantitative estimate of drug-likeness (QED) is 0.882. The Labute approximate surface area is 128 Å². The molecule has 1 unspecified atom stereocenters. The SMILES string of the molecule is CC(Oc1cc(Br)ccc1[C@H](C)O)C(=O)NC(C)(C)C. The third-order valence-corrected chi connectivity index (χ3v) is 3.09. The van der Waals surface area contributed by atoms with E-state index >= 15 is 0 Å². The van der Waals surface area contributed by atoms with E-state index < -0.39 is 12.2 Å². The van der Waals surface area contributed by atoms with Gasteiger partial charge in [-0.05, 0) is 46.8 Å². The molecular weight excluding hydrogens is 322 g/mol. The monoisotopic (exact) mass is 343 g/mol. The number of rotatable bonds is 4. The number of ether oxygens (including phenoxy) is 1. The van der Waals surface area contributed by atoms with Crippen LogP contribution in [0.2, 0.25) is 0 Å². The summed E-state index contributed by atoms with van der Waals surface area (Å²) in [6, 6.07) is 5.36. The zero-order chi connectivity index (χ0) is 15.5. The summed E-state index contributed by atoms with van der Waals surface area (Å²) >= 11 is 3.36. The highest BCUT2D eigenvalue weighted by Crippen LogP contribution is 2.29. The van der Waals surface area contributed by atoms with Gasteiger partial charge in [0, 0.05) is 15.6 Å². The van der Waals surface area contributed by atoms with Crippen LogP contribution in [-0.2, 0) is 4.79 Å². The Morgan fingerprint density at radius 2 is 1.95 bits per heavy atom. The van der Waals surface area contributed by atoms with Gasteiger partial charge in [0.2, 0.25) is 0 Å². The van der Waals surface area contributed by atoms with Crippen molar-refractivity contribution in [2.45, 2.75) is 52.4 Å². The highest BCUT2D eigenvalue weighted by molar-refractivity contribution is 9.10. The highest BCUT2D eigenvalue weighted by Gasteiger charge is 2.22. The van der Waals surface area contributed by atoms with Gasteiger partial charge in [0.25, 0.3) is 5.91 Å². The lowest BCUT2D eigenvalue weighted by Gasteiger charge is -2.24. The topological polar surface area (TPSA) is 58.6 Å². The van der Waals surface area contributed by atoms with Crippen LogP contribution in [0, 0.1) is 0 Å². The fraction of sp³-hybridized carbons (Fsp3) is 0.533. The van der Waals surface area contributed by atoms with Crippen LogP contribution in [0.25, 0.3) is 0 Å². The number of aliphatic hydroxyl groups excluding tert-OH is 1. The van der Waals surface area contributed by atoms with Gasteiger partial charge < -0.3 is 15.2 Å². The molecule has 5 heteroatoms. The molecule has 0 bridgehead atoms. The molecule has 1 rings (SSSR count). The van der Waals surface area contributed by atoms with E-state index in [0.29, 0.717) is 11.3 Å². The van der Waals surface area contributed by atoms with Gasteiger partial charge in [0.1, 0.15) is 5.75 Å². The maximum absolute atomic E-state index is 12.0. The van der Waals surface area contributed by atoms with Gasteiger partial charge in [0.15, 0.2) is 6.10 Å². The maximum atomic E-state index is 12.0. The third kappa shape index (κ3) is 5.13. The van der Waals surface area contributed by atoms with Gasteiger partial charge in [-0.2, -0.15) is 0 Å². The van der Waals surface area contributed by atoms with Crippen LogP contribution in [0.5, 0.6) is 5.75 Å². The minimum Gasteiger partial charge on any atom is -0.480 e. The minimum atomic E-state index is -0.657. The summed E-state index contributed by atoms with van der Waals surface area (Å²) in [5.41, 5.74) is 0.350. The number of nitrogens with one attached hydrogen (secondary N) is 1. The van der Waals surface area contributed by atoms with Crippen LogP contribution in [0.3, 0.4) is 0 Å². The Balaban J connectivity index is 2.87. The molecule has 20 heavy (non-hydrogen) atoms. The van der Waals surface area contributed by atoms with E-state index in [4.69, 9.17) is 4.74 Å². The molecule has 4 nitrogen and oxygen atoms in total. The Bertz CT molecular complexity index is 480. The lowest BCUT2D eigenvalue weighted by atomic mass is 10.1. The summed E-state index contributed by atoms with van der Waals surface area (Å²) in [6.45, 7) is 9.09. The average Bonchev–Trinajstić information content (AvgIpc) is 2.26. The summed E-state index contributed by atoms with van der Waals surface area (Å²) < 4.78 is 6.53. The number of carbonyl (C=O) groups is 1. The second kappa shape index (κ2) is 6.59. The van der Waals surface area contributed by atoms with E-state index in [2.05, 4.69) is 21.2 Å². The van der Waals surface area contributed by atoms with Crippen LogP contribution in [0.1, 0.15) is 46.3 Å². The zero-order valence-electron chi connectivity index (χ0n) is 12.5. The third-order valence-electron chi connectivity index (χ3n) is 2.60. The van der Waals surface area contributed by atoms with Crippen molar-refractivity contribution >= 4 is 21.8 Å². The first kappa shape index (κ1) is 17.0. The fourth-order valence-corrected chi connectivity index (χ4v) is 2.01. The van der Waals surface area contributed by atoms with E-state index in [9.17, 15) is 9.90 Å². The first-order chi connectivity index (χ1) is 9.10. The molecular formula is C15H22BrNO3. The number of amides is 1. The van der Waals surface area contributed by atoms with E-state index in [0.717, 1.165) is 4.47 Å². The Kier molecular flexibility index (Phi) is 5.59. The van der Waals surface area contributed by atoms with Gasteiger partial charge in [-0.3, -0.25) is 4.79 Å². The van der Waals surface area contributed by atoms with Crippen LogP contribution in [0.15, 0.2) is 22.7 Å². The predicted octanol–water partition coefficient (Wildman–Crippen LogP) is 3.18. The molecule has 1 aromatic carbocycles. The molecule has 0 aliphatic carbocycles. The lowest BCUT2D eigenvalue weighted by molar-refractivity contribution is -0.128. The molecule has 2 atom stereocenters. The smallest absolute Gasteiger partial charge is 0.261 e. The van der Waals surface area contributed by atoms with Crippen molar-refractivity contribution in [2.24, 2.45) is 0 Å². The molecule has 0 radical (unpaired) electrons. The summed E-state index contributed by atoms with van der Waals surface area (Å²) in [4.78, 5) is 12.0. The van der Waals surface area contributed by atoms with Crippen LogP contribution < -0.4 is 10.1 Å². The van der Waals surface area contributed by atoms with Crippen LogP contribution in [-0.4, -0.2) is 22.7 Å². The average molecular weight is 344 g/mol. The molecule has 0 saturated heterocycles. The minimum absolute atomic E-state index is 0.186. The first-order valence-electron chi connectivity index (χ1n) is 6.56. The van der Waals surface area contributed by atoms with Gasteiger partial charge >= 0.3 is 0 Å². The zero-order valence-corrected chi connectivity index (χ0v) is 14.1. The highest BCUT2D eigenvalue weighted by atomic mass is 79.9. The van der Waals surface area contributed by atoms with E-state index in [1.165, 1.54) is 0 Å². The number of hydrogen-bond acceptors (Lipinski definition) is 3. The van der Waals surface area contributed by atoms with Crippen molar-refractivity contribution in [1.82, 2.24) is 5.32 Å². The molecule has 2 N–H and O–H groups in total. The molecule has 0 heterocycles. The van der Waals surface area contributed by atoms with Crippen molar-refractivity contribution in [3.8, 4) is 5.75 Å². The Morgan fingerprint density at radius 3 is 2.45 bits per heavy atom. The predicted molar refractivity (Wildman–Crippen MR) is 82.8 cm³/mol. The van der Waals surface area contributed by atoms with Crippen LogP contribution in [0.4, 0.5) is 0 Å². The van der Waals surface area contributed by atoms with Crippen molar-refractivity contribution in [3.63, 3.8) is 0 Å². The van der Waals surface area contributed by atoms with Crippen molar-refractivity contribution in [1.29, 1.82) is 0 Å². The van der Waals surface area contributed by atoms with Crippen LogP contribution >= 0.6 is 15.9 Å². The largest absolute Gasteiger partial charge is 0.480 e. The maximum Gasteiger partial charge on any atom is 0.261 e. The molecule has 0 aliphatic heterocycles. The van der Waals surface area contributed by atoms with Crippen molar-refractivity contribution in [2.75, 3.05) is 0 Å². The summed E-state index contributed by atoms with van der Waals surface area (Å²) in [5.74, 6) is 0.319. The van der Waals surface area contributed by atoms with Gasteiger partial charge in [-0.25, -0.2) is 0 Å². The lowest BCUT2D eigenvalue weighted by Crippen LogP contribution is -2.46. The standard InChI is InChI=1S/C15H22BrNO3/c1-9(18)12-7-6-11(16)8-13(12)20-10(2)14(19)17-15(3,4)5/h6-10,18H,1-5H3,(H,17,19)/t9-,10?/m0/s1. The number of benzene rings is 1. The summed E-state index contributed by atoms with van der Waals surface area (Å²) in [6.07, 6.45) is -1.29. The van der Waals surface area contributed by atoms with Gasteiger partial charge in [0.05, 0.1) is 6.10 Å². The fourth-order valence-electron chi connectivity index (χ4n) is 1.67. The van der Waals surface area contributed by atoms with E-state index in [1.807, 2.05) is 26.8 Å². The van der Waals surface area contributed by atoms with Gasteiger partial charge in [-0.1, -0.05) is 22.0 Å². The van der Waals surface area contributed by atoms with E-state index in [-0.39, 0.29) is 11.4 Å². The van der Waals surface area contributed by atoms with Crippen molar-refractivity contribution < 1.29 is 14.6 Å². The molecule has 0 aromatic heterocycles.